The van der Waals surface area contributed by atoms with Gasteiger partial charge < -0.3 is 15.9 Å². The van der Waals surface area contributed by atoms with Crippen LogP contribution >= 0.6 is 11.6 Å². The number of hydrogen-bond acceptors (Lipinski definition) is 4. The minimum atomic E-state index is -0.0343. The van der Waals surface area contributed by atoms with E-state index in [4.69, 9.17) is 27.5 Å². The first-order valence-electron chi connectivity index (χ1n) is 5.64. The zero-order valence-corrected chi connectivity index (χ0v) is 10.5. The highest BCUT2D eigenvalue weighted by Gasteiger charge is 2.18. The van der Waals surface area contributed by atoms with Crippen molar-refractivity contribution in [3.63, 3.8) is 0 Å². The van der Waals surface area contributed by atoms with Crippen LogP contribution < -0.4 is 5.73 Å². The zero-order valence-electron chi connectivity index (χ0n) is 9.72. The fourth-order valence-corrected chi connectivity index (χ4v) is 2.09. The summed E-state index contributed by atoms with van der Waals surface area (Å²) in [6, 6.07) is 7.46. The van der Waals surface area contributed by atoms with Crippen LogP contribution in [0.5, 0.6) is 0 Å². The second kappa shape index (κ2) is 7.63. The molecule has 0 fully saturated rings. The number of nitrogens with zero attached hydrogens (tertiary/aromatic N) is 1. The SMILES string of the molecule is NCC(c1cccc(Cl)c1)N(CCO)CCO. The van der Waals surface area contributed by atoms with E-state index in [2.05, 4.69) is 0 Å². The van der Waals surface area contributed by atoms with E-state index in [1.165, 1.54) is 0 Å². The fourth-order valence-electron chi connectivity index (χ4n) is 1.89. The Hall–Kier alpha value is -0.650. The predicted octanol–water partition coefficient (Wildman–Crippen LogP) is 0.626. The molecule has 0 saturated heterocycles. The van der Waals surface area contributed by atoms with Gasteiger partial charge in [-0.25, -0.2) is 0 Å². The molecule has 0 radical (unpaired) electrons. The summed E-state index contributed by atoms with van der Waals surface area (Å²) in [5.74, 6) is 0. The molecular weight excluding hydrogens is 240 g/mol. The van der Waals surface area contributed by atoms with Crippen LogP contribution in [0.25, 0.3) is 0 Å². The van der Waals surface area contributed by atoms with Crippen LogP contribution in [0.4, 0.5) is 0 Å². The number of nitrogens with two attached hydrogens (primary N) is 1. The standard InChI is InChI=1S/C12H19ClN2O2/c13-11-3-1-2-10(8-11)12(9-14)15(4-6-16)5-7-17/h1-3,8,12,16-17H,4-7,9,14H2. The normalized spacial score (nSPS) is 13.0. The van der Waals surface area contributed by atoms with Gasteiger partial charge in [-0.15, -0.1) is 0 Å². The van der Waals surface area contributed by atoms with Gasteiger partial charge in [0.2, 0.25) is 0 Å². The van der Waals surface area contributed by atoms with Crippen LogP contribution in [0.15, 0.2) is 24.3 Å². The molecule has 0 aliphatic carbocycles. The Kier molecular flexibility index (Phi) is 6.47. The maximum absolute atomic E-state index is 9.02. The number of benzene rings is 1. The summed E-state index contributed by atoms with van der Waals surface area (Å²) in [6.45, 7) is 1.46. The van der Waals surface area contributed by atoms with E-state index in [1.807, 2.05) is 23.1 Å². The lowest BCUT2D eigenvalue weighted by Gasteiger charge is -2.30. The summed E-state index contributed by atoms with van der Waals surface area (Å²) in [5, 5.41) is 18.7. The van der Waals surface area contributed by atoms with E-state index in [-0.39, 0.29) is 19.3 Å². The van der Waals surface area contributed by atoms with Crippen molar-refractivity contribution in [2.75, 3.05) is 32.8 Å². The van der Waals surface area contributed by atoms with Gasteiger partial charge in [-0.05, 0) is 17.7 Å². The molecule has 0 heterocycles. The van der Waals surface area contributed by atoms with Crippen molar-refractivity contribution in [1.29, 1.82) is 0 Å². The van der Waals surface area contributed by atoms with Crippen LogP contribution in [0.2, 0.25) is 5.02 Å². The molecule has 17 heavy (non-hydrogen) atoms. The number of hydrogen-bond donors (Lipinski definition) is 3. The number of rotatable bonds is 7. The van der Waals surface area contributed by atoms with Crippen LogP contribution in [-0.4, -0.2) is 48.0 Å². The molecule has 1 atom stereocenters. The minimum absolute atomic E-state index is 0.0343. The minimum Gasteiger partial charge on any atom is -0.395 e. The van der Waals surface area contributed by atoms with Crippen molar-refractivity contribution in [2.45, 2.75) is 6.04 Å². The van der Waals surface area contributed by atoms with E-state index in [9.17, 15) is 0 Å². The Bertz CT molecular complexity index is 330. The second-order valence-electron chi connectivity index (χ2n) is 3.79. The number of aliphatic hydroxyl groups excluding tert-OH is 2. The summed E-state index contributed by atoms with van der Waals surface area (Å²) >= 11 is 5.95. The zero-order chi connectivity index (χ0) is 12.7. The topological polar surface area (TPSA) is 69.7 Å². The average Bonchev–Trinajstić information content (AvgIpc) is 2.31. The van der Waals surface area contributed by atoms with Crippen molar-refractivity contribution >= 4 is 11.6 Å². The Morgan fingerprint density at radius 3 is 2.35 bits per heavy atom. The molecule has 4 nitrogen and oxygen atoms in total. The Labute approximate surface area is 107 Å². The highest BCUT2D eigenvalue weighted by Crippen LogP contribution is 2.22. The summed E-state index contributed by atoms with van der Waals surface area (Å²) in [7, 11) is 0. The van der Waals surface area contributed by atoms with Gasteiger partial charge in [-0.1, -0.05) is 23.7 Å². The molecule has 0 amide bonds. The van der Waals surface area contributed by atoms with Gasteiger partial charge in [0.05, 0.1) is 13.2 Å². The van der Waals surface area contributed by atoms with Crippen LogP contribution in [0.3, 0.4) is 0 Å². The molecule has 96 valence electrons. The quantitative estimate of drug-likeness (QED) is 0.671. The second-order valence-corrected chi connectivity index (χ2v) is 4.23. The monoisotopic (exact) mass is 258 g/mol. The summed E-state index contributed by atoms with van der Waals surface area (Å²) in [6.07, 6.45) is 0. The molecule has 0 aliphatic rings. The third kappa shape index (κ3) is 4.26. The van der Waals surface area contributed by atoms with E-state index in [0.717, 1.165) is 5.56 Å². The van der Waals surface area contributed by atoms with Gasteiger partial charge in [0, 0.05) is 30.7 Å². The van der Waals surface area contributed by atoms with Gasteiger partial charge in [0.25, 0.3) is 0 Å². The lowest BCUT2D eigenvalue weighted by molar-refractivity contribution is 0.124. The molecule has 5 heteroatoms. The molecule has 1 aromatic carbocycles. The fraction of sp³-hybridized carbons (Fsp3) is 0.500. The molecule has 4 N–H and O–H groups in total. The highest BCUT2D eigenvalue weighted by molar-refractivity contribution is 6.30. The molecule has 0 spiro atoms. The first kappa shape index (κ1) is 14.4. The molecule has 1 aromatic rings. The van der Waals surface area contributed by atoms with Crippen molar-refractivity contribution < 1.29 is 10.2 Å². The van der Waals surface area contributed by atoms with Gasteiger partial charge in [0.1, 0.15) is 0 Å². The maximum Gasteiger partial charge on any atom is 0.0558 e. The van der Waals surface area contributed by atoms with Crippen LogP contribution in [0.1, 0.15) is 11.6 Å². The van der Waals surface area contributed by atoms with Crippen LogP contribution in [-0.2, 0) is 0 Å². The van der Waals surface area contributed by atoms with Gasteiger partial charge in [-0.3, -0.25) is 4.90 Å². The Balaban J connectivity index is 2.87. The number of halogens is 1. The van der Waals surface area contributed by atoms with E-state index in [1.54, 1.807) is 6.07 Å². The van der Waals surface area contributed by atoms with Gasteiger partial charge in [0.15, 0.2) is 0 Å². The van der Waals surface area contributed by atoms with Crippen molar-refractivity contribution in [2.24, 2.45) is 5.73 Å². The average molecular weight is 259 g/mol. The molecule has 1 unspecified atom stereocenters. The Morgan fingerprint density at radius 1 is 1.24 bits per heavy atom. The van der Waals surface area contributed by atoms with Crippen LogP contribution in [0, 0.1) is 0 Å². The molecular formula is C12H19ClN2O2. The van der Waals surface area contributed by atoms with E-state index < -0.39 is 0 Å². The Morgan fingerprint density at radius 2 is 1.88 bits per heavy atom. The van der Waals surface area contributed by atoms with E-state index >= 15 is 0 Å². The largest absolute Gasteiger partial charge is 0.395 e. The molecule has 0 bridgehead atoms. The van der Waals surface area contributed by atoms with Crippen molar-refractivity contribution in [3.8, 4) is 0 Å². The molecule has 0 saturated carbocycles. The first-order valence-corrected chi connectivity index (χ1v) is 6.02. The molecule has 0 aliphatic heterocycles. The lowest BCUT2D eigenvalue weighted by Crippen LogP contribution is -2.37. The number of aliphatic hydroxyl groups is 2. The van der Waals surface area contributed by atoms with Crippen molar-refractivity contribution in [1.82, 2.24) is 4.90 Å². The summed E-state index contributed by atoms with van der Waals surface area (Å²) in [5.41, 5.74) is 6.77. The van der Waals surface area contributed by atoms with Gasteiger partial charge >= 0.3 is 0 Å². The molecule has 1 rings (SSSR count). The first-order chi connectivity index (χ1) is 8.22. The van der Waals surface area contributed by atoms with Gasteiger partial charge in [-0.2, -0.15) is 0 Å². The third-order valence-corrected chi connectivity index (χ3v) is 2.91. The maximum atomic E-state index is 9.02. The lowest BCUT2D eigenvalue weighted by atomic mass is 10.1. The smallest absolute Gasteiger partial charge is 0.0558 e. The third-order valence-electron chi connectivity index (χ3n) is 2.67. The van der Waals surface area contributed by atoms with Crippen molar-refractivity contribution in [3.05, 3.63) is 34.9 Å². The molecule has 0 aromatic heterocycles. The highest BCUT2D eigenvalue weighted by atomic mass is 35.5. The summed E-state index contributed by atoms with van der Waals surface area (Å²) < 4.78 is 0. The summed E-state index contributed by atoms with van der Waals surface area (Å²) in [4.78, 5) is 1.95. The van der Waals surface area contributed by atoms with E-state index in [0.29, 0.717) is 24.7 Å². The predicted molar refractivity (Wildman–Crippen MR) is 69.0 cm³/mol.